The highest BCUT2D eigenvalue weighted by Gasteiger charge is 2.33. The average molecular weight is 418 g/mol. The van der Waals surface area contributed by atoms with Crippen LogP contribution in [-0.2, 0) is 11.2 Å². The van der Waals surface area contributed by atoms with Crippen molar-refractivity contribution in [2.75, 3.05) is 20.2 Å². The number of methoxy groups -OCH3 is 1. The molecule has 1 aliphatic carbocycles. The zero-order chi connectivity index (χ0) is 21.2. The molecule has 5 nitrogen and oxygen atoms in total. The lowest BCUT2D eigenvalue weighted by atomic mass is 9.92. The molecule has 2 aliphatic rings. The lowest BCUT2D eigenvalue weighted by Gasteiger charge is -2.36. The lowest BCUT2D eigenvalue weighted by Crippen LogP contribution is -2.46. The van der Waals surface area contributed by atoms with Gasteiger partial charge in [0.15, 0.2) is 0 Å². The predicted molar refractivity (Wildman–Crippen MR) is 123 cm³/mol. The Bertz CT molecular complexity index is 1050. The maximum absolute atomic E-state index is 13.0. The van der Waals surface area contributed by atoms with Crippen LogP contribution in [0.2, 0.25) is 0 Å². The molecule has 1 fully saturated rings. The number of amides is 1. The van der Waals surface area contributed by atoms with Gasteiger partial charge in [-0.3, -0.25) is 9.69 Å². The average Bonchev–Trinajstić information content (AvgIpc) is 3.18. The standard InChI is InChI=1S/C26H31N3O2/c1-31-20-13-11-18(12-14-20)26-25-22(21-9-5-6-10-23(21)28-25)15-16-29(26)17-24(30)27-19-7-3-2-4-8-19/h5-6,9-14,19,26,28H,2-4,7-8,15-17H2,1H3,(H,27,30)/t26-/m1/s1. The van der Waals surface area contributed by atoms with Gasteiger partial charge in [0.05, 0.1) is 19.7 Å². The fourth-order valence-electron chi connectivity index (χ4n) is 5.33. The molecule has 0 radical (unpaired) electrons. The Morgan fingerprint density at radius 1 is 1.10 bits per heavy atom. The largest absolute Gasteiger partial charge is 0.497 e. The second kappa shape index (κ2) is 8.75. The van der Waals surface area contributed by atoms with Crippen LogP contribution < -0.4 is 10.1 Å². The molecule has 0 bridgehead atoms. The number of nitrogens with zero attached hydrogens (tertiary/aromatic N) is 1. The summed E-state index contributed by atoms with van der Waals surface area (Å²) in [5.74, 6) is 0.989. The van der Waals surface area contributed by atoms with Crippen LogP contribution in [0.15, 0.2) is 48.5 Å². The third-order valence-corrected chi connectivity index (χ3v) is 6.88. The zero-order valence-corrected chi connectivity index (χ0v) is 18.2. The van der Waals surface area contributed by atoms with E-state index in [-0.39, 0.29) is 11.9 Å². The summed E-state index contributed by atoms with van der Waals surface area (Å²) >= 11 is 0. The van der Waals surface area contributed by atoms with Gasteiger partial charge in [-0.15, -0.1) is 0 Å². The maximum atomic E-state index is 13.0. The van der Waals surface area contributed by atoms with Crippen LogP contribution in [-0.4, -0.2) is 42.0 Å². The van der Waals surface area contributed by atoms with Gasteiger partial charge >= 0.3 is 0 Å². The van der Waals surface area contributed by atoms with E-state index < -0.39 is 0 Å². The van der Waals surface area contributed by atoms with E-state index in [1.54, 1.807) is 7.11 Å². The Morgan fingerprint density at radius 2 is 1.87 bits per heavy atom. The summed E-state index contributed by atoms with van der Waals surface area (Å²) in [5, 5.41) is 4.59. The van der Waals surface area contributed by atoms with Crippen LogP contribution >= 0.6 is 0 Å². The number of benzene rings is 2. The molecular formula is C26H31N3O2. The zero-order valence-electron chi connectivity index (χ0n) is 18.2. The fraction of sp³-hybridized carbons (Fsp3) is 0.423. The number of carbonyl (C=O) groups is 1. The summed E-state index contributed by atoms with van der Waals surface area (Å²) in [4.78, 5) is 18.9. The van der Waals surface area contributed by atoms with E-state index in [9.17, 15) is 4.79 Å². The molecule has 1 amide bonds. The van der Waals surface area contributed by atoms with Crippen molar-refractivity contribution in [2.24, 2.45) is 0 Å². The number of hydrogen-bond donors (Lipinski definition) is 2. The fourth-order valence-corrected chi connectivity index (χ4v) is 5.33. The molecule has 2 aromatic carbocycles. The van der Waals surface area contributed by atoms with Crippen LogP contribution in [0, 0.1) is 0 Å². The van der Waals surface area contributed by atoms with Crippen LogP contribution in [0.1, 0.15) is 55.0 Å². The highest BCUT2D eigenvalue weighted by Crippen LogP contribution is 2.38. The number of nitrogens with one attached hydrogen (secondary N) is 2. The molecule has 1 atom stereocenters. The van der Waals surface area contributed by atoms with Gasteiger partial charge in [-0.25, -0.2) is 0 Å². The summed E-state index contributed by atoms with van der Waals surface area (Å²) in [6.07, 6.45) is 6.91. The van der Waals surface area contributed by atoms with Crippen LogP contribution in [0.3, 0.4) is 0 Å². The first-order valence-electron chi connectivity index (χ1n) is 11.5. The molecule has 1 saturated carbocycles. The first-order chi connectivity index (χ1) is 15.2. The second-order valence-corrected chi connectivity index (χ2v) is 8.86. The number of rotatable bonds is 5. The lowest BCUT2D eigenvalue weighted by molar-refractivity contribution is -0.123. The van der Waals surface area contributed by atoms with E-state index in [2.05, 4.69) is 51.6 Å². The number of ether oxygens (including phenoxy) is 1. The number of H-pyrrole nitrogens is 1. The number of aromatic nitrogens is 1. The quantitative estimate of drug-likeness (QED) is 0.639. The van der Waals surface area contributed by atoms with Crippen molar-refractivity contribution in [1.82, 2.24) is 15.2 Å². The number of carbonyl (C=O) groups excluding carboxylic acids is 1. The molecule has 2 N–H and O–H groups in total. The molecular weight excluding hydrogens is 386 g/mol. The minimum atomic E-state index is 0.0270. The smallest absolute Gasteiger partial charge is 0.234 e. The Kier molecular flexibility index (Phi) is 5.68. The van der Waals surface area contributed by atoms with E-state index in [0.717, 1.165) is 31.6 Å². The van der Waals surface area contributed by atoms with Gasteiger partial charge < -0.3 is 15.0 Å². The first-order valence-corrected chi connectivity index (χ1v) is 11.5. The predicted octanol–water partition coefficient (Wildman–Crippen LogP) is 4.57. The molecule has 1 aromatic heterocycles. The van der Waals surface area contributed by atoms with Crippen molar-refractivity contribution < 1.29 is 9.53 Å². The summed E-state index contributed by atoms with van der Waals surface area (Å²) in [6, 6.07) is 17.1. The third-order valence-electron chi connectivity index (χ3n) is 6.88. The maximum Gasteiger partial charge on any atom is 0.234 e. The van der Waals surface area contributed by atoms with Crippen molar-refractivity contribution in [3.8, 4) is 5.75 Å². The number of hydrogen-bond acceptors (Lipinski definition) is 3. The van der Waals surface area contributed by atoms with E-state index in [0.29, 0.717) is 12.6 Å². The monoisotopic (exact) mass is 417 g/mol. The van der Waals surface area contributed by atoms with Crippen molar-refractivity contribution in [1.29, 1.82) is 0 Å². The highest BCUT2D eigenvalue weighted by molar-refractivity contribution is 5.85. The van der Waals surface area contributed by atoms with Gasteiger partial charge in [-0.2, -0.15) is 0 Å². The molecule has 1 aliphatic heterocycles. The second-order valence-electron chi connectivity index (χ2n) is 8.86. The molecule has 0 spiro atoms. The SMILES string of the molecule is COc1ccc([C@@H]2c3[nH]c4ccccc4c3CCN2CC(=O)NC2CCCCC2)cc1. The van der Waals surface area contributed by atoms with Crippen LogP contribution in [0.25, 0.3) is 10.9 Å². The Balaban J connectivity index is 1.45. The Labute approximate surface area is 183 Å². The number of para-hydroxylation sites is 1. The molecule has 2 heterocycles. The van der Waals surface area contributed by atoms with Crippen LogP contribution in [0.5, 0.6) is 5.75 Å². The Hall–Kier alpha value is -2.79. The minimum absolute atomic E-state index is 0.0270. The summed E-state index contributed by atoms with van der Waals surface area (Å²) in [7, 11) is 1.69. The summed E-state index contributed by atoms with van der Waals surface area (Å²) in [5.41, 5.74) is 4.93. The van der Waals surface area contributed by atoms with Crippen molar-refractivity contribution in [3.05, 3.63) is 65.4 Å². The minimum Gasteiger partial charge on any atom is -0.497 e. The van der Waals surface area contributed by atoms with Crippen molar-refractivity contribution in [2.45, 2.75) is 50.6 Å². The Morgan fingerprint density at radius 3 is 2.65 bits per heavy atom. The number of fused-ring (bicyclic) bond motifs is 3. The molecule has 5 rings (SSSR count). The summed E-state index contributed by atoms with van der Waals surface area (Å²) < 4.78 is 5.36. The van der Waals surface area contributed by atoms with E-state index in [1.165, 1.54) is 47.0 Å². The van der Waals surface area contributed by atoms with Gasteiger partial charge in [0.25, 0.3) is 0 Å². The van der Waals surface area contributed by atoms with E-state index in [1.807, 2.05) is 12.1 Å². The normalized spacial score (nSPS) is 19.8. The molecule has 5 heteroatoms. The molecule has 3 aromatic rings. The third kappa shape index (κ3) is 4.07. The van der Waals surface area contributed by atoms with Gasteiger partial charge in [-0.05, 0) is 48.6 Å². The van der Waals surface area contributed by atoms with Gasteiger partial charge in [0.2, 0.25) is 5.91 Å². The van der Waals surface area contributed by atoms with Gasteiger partial charge in [0.1, 0.15) is 5.75 Å². The molecule has 31 heavy (non-hydrogen) atoms. The van der Waals surface area contributed by atoms with Crippen molar-refractivity contribution >= 4 is 16.8 Å². The topological polar surface area (TPSA) is 57.4 Å². The van der Waals surface area contributed by atoms with E-state index >= 15 is 0 Å². The molecule has 162 valence electrons. The first kappa shape index (κ1) is 20.1. The van der Waals surface area contributed by atoms with Crippen LogP contribution in [0.4, 0.5) is 0 Å². The summed E-state index contributed by atoms with van der Waals surface area (Å²) in [6.45, 7) is 1.28. The van der Waals surface area contributed by atoms with Gasteiger partial charge in [-0.1, -0.05) is 49.6 Å². The highest BCUT2D eigenvalue weighted by atomic mass is 16.5. The van der Waals surface area contributed by atoms with Gasteiger partial charge in [0, 0.05) is 29.2 Å². The number of aromatic amines is 1. The molecule has 0 unspecified atom stereocenters. The van der Waals surface area contributed by atoms with Crippen molar-refractivity contribution in [3.63, 3.8) is 0 Å². The van der Waals surface area contributed by atoms with E-state index in [4.69, 9.17) is 4.74 Å². The molecule has 0 saturated heterocycles.